The van der Waals surface area contributed by atoms with Crippen molar-refractivity contribution in [1.82, 2.24) is 0 Å². The van der Waals surface area contributed by atoms with Crippen LogP contribution >= 0.6 is 27.3 Å². The van der Waals surface area contributed by atoms with Crippen molar-refractivity contribution in [3.63, 3.8) is 0 Å². The lowest BCUT2D eigenvalue weighted by Gasteiger charge is -2.02. The minimum absolute atomic E-state index is 0.199. The van der Waals surface area contributed by atoms with Crippen LogP contribution in [0.3, 0.4) is 0 Å². The zero-order valence-corrected chi connectivity index (χ0v) is 10.2. The average molecular weight is 303 g/mol. The average Bonchev–Trinajstić information content (AvgIpc) is 2.71. The zero-order valence-electron chi connectivity index (χ0n) is 7.84. The van der Waals surface area contributed by atoms with Crippen molar-refractivity contribution in [2.24, 2.45) is 0 Å². The van der Waals surface area contributed by atoms with E-state index >= 15 is 0 Å². The van der Waals surface area contributed by atoms with Gasteiger partial charge in [0.25, 0.3) is 0 Å². The molecule has 0 amide bonds. The van der Waals surface area contributed by atoms with Crippen LogP contribution in [0.1, 0.15) is 9.67 Å². The van der Waals surface area contributed by atoms with Crippen LogP contribution in [0.2, 0.25) is 0 Å². The van der Waals surface area contributed by atoms with Gasteiger partial charge < -0.3 is 0 Å². The molecule has 0 radical (unpaired) electrons. The van der Waals surface area contributed by atoms with Gasteiger partial charge in [-0.15, -0.1) is 11.3 Å². The summed E-state index contributed by atoms with van der Waals surface area (Å²) in [7, 11) is 0. The summed E-state index contributed by atoms with van der Waals surface area (Å²) < 4.78 is 26.7. The molecule has 16 heavy (non-hydrogen) atoms. The molecule has 0 atom stereocenters. The lowest BCUT2D eigenvalue weighted by Crippen LogP contribution is -1.85. The topological polar surface area (TPSA) is 17.1 Å². The van der Waals surface area contributed by atoms with Crippen molar-refractivity contribution in [3.05, 3.63) is 45.2 Å². The van der Waals surface area contributed by atoms with Crippen LogP contribution in [0.15, 0.2) is 28.7 Å². The molecule has 0 saturated carbocycles. The monoisotopic (exact) mass is 302 g/mol. The van der Waals surface area contributed by atoms with Gasteiger partial charge in [-0.25, -0.2) is 8.78 Å². The molecule has 0 N–H and O–H groups in total. The molecular formula is C11H5BrF2OS. The zero-order chi connectivity index (χ0) is 11.7. The van der Waals surface area contributed by atoms with E-state index in [2.05, 4.69) is 15.9 Å². The molecule has 0 fully saturated rings. The number of thiophene rings is 1. The lowest BCUT2D eigenvalue weighted by atomic mass is 10.2. The number of rotatable bonds is 2. The minimum Gasteiger partial charge on any atom is -0.297 e. The predicted octanol–water partition coefficient (Wildman–Crippen LogP) is 4.27. The normalized spacial score (nSPS) is 10.4. The summed E-state index contributed by atoms with van der Waals surface area (Å²) in [5, 5.41) is 0. The Morgan fingerprint density at radius 1 is 1.19 bits per heavy atom. The van der Waals surface area contributed by atoms with Crippen LogP contribution in [0.5, 0.6) is 0 Å². The highest BCUT2D eigenvalue weighted by Gasteiger charge is 2.11. The van der Waals surface area contributed by atoms with Crippen LogP contribution < -0.4 is 0 Å². The molecule has 0 unspecified atom stereocenters. The van der Waals surface area contributed by atoms with Crippen molar-refractivity contribution >= 4 is 33.6 Å². The number of hydrogen-bond donors (Lipinski definition) is 0. The van der Waals surface area contributed by atoms with Crippen molar-refractivity contribution < 1.29 is 13.6 Å². The van der Waals surface area contributed by atoms with Gasteiger partial charge in [0.2, 0.25) is 0 Å². The summed E-state index contributed by atoms with van der Waals surface area (Å²) in [5.74, 6) is -1.28. The van der Waals surface area contributed by atoms with Crippen LogP contribution in [-0.2, 0) is 0 Å². The van der Waals surface area contributed by atoms with E-state index < -0.39 is 11.6 Å². The Kier molecular flexibility index (Phi) is 3.16. The van der Waals surface area contributed by atoms with E-state index in [4.69, 9.17) is 0 Å². The molecule has 0 spiro atoms. The molecular weight excluding hydrogens is 298 g/mol. The smallest absolute Gasteiger partial charge is 0.160 e. The molecule has 1 aromatic heterocycles. The molecule has 2 rings (SSSR count). The largest absolute Gasteiger partial charge is 0.297 e. The number of benzene rings is 1. The van der Waals surface area contributed by atoms with Crippen LogP contribution in [0.25, 0.3) is 10.4 Å². The maximum absolute atomic E-state index is 13.5. The van der Waals surface area contributed by atoms with Crippen LogP contribution in [-0.4, -0.2) is 6.29 Å². The number of carbonyl (C=O) groups excluding carboxylic acids is 1. The Balaban J connectivity index is 2.55. The molecule has 0 bridgehead atoms. The highest BCUT2D eigenvalue weighted by atomic mass is 79.9. The van der Waals surface area contributed by atoms with E-state index in [1.165, 1.54) is 6.07 Å². The summed E-state index contributed by atoms with van der Waals surface area (Å²) in [6.07, 6.45) is 0.699. The van der Waals surface area contributed by atoms with E-state index in [9.17, 15) is 13.6 Å². The maximum atomic E-state index is 13.5. The summed E-state index contributed by atoms with van der Waals surface area (Å²) in [6.45, 7) is 0. The Hall–Kier alpha value is -1.07. The molecule has 0 aliphatic rings. The maximum Gasteiger partial charge on any atom is 0.160 e. The van der Waals surface area contributed by atoms with Crippen molar-refractivity contribution in [1.29, 1.82) is 0 Å². The third-order valence-corrected chi connectivity index (χ3v) is 3.67. The number of carbonyl (C=O) groups is 1. The molecule has 0 aliphatic carbocycles. The number of halogens is 3. The van der Waals surface area contributed by atoms with Crippen LogP contribution in [0.4, 0.5) is 8.78 Å². The first-order valence-corrected chi connectivity index (χ1v) is 5.92. The Labute approximate surface area is 103 Å². The fourth-order valence-electron chi connectivity index (χ4n) is 1.27. The van der Waals surface area contributed by atoms with E-state index in [1.54, 1.807) is 12.1 Å². The Bertz CT molecular complexity index is 551. The third-order valence-electron chi connectivity index (χ3n) is 2.02. The van der Waals surface area contributed by atoms with Crippen molar-refractivity contribution in [2.45, 2.75) is 0 Å². The first kappa shape index (κ1) is 11.4. The van der Waals surface area contributed by atoms with Crippen LogP contribution in [0, 0.1) is 11.6 Å². The highest BCUT2D eigenvalue weighted by Crippen LogP contribution is 2.32. The second-order valence-corrected chi connectivity index (χ2v) is 5.04. The molecule has 0 aliphatic heterocycles. The molecule has 2 aromatic rings. The minimum atomic E-state index is -0.645. The molecule has 1 aromatic carbocycles. The van der Waals surface area contributed by atoms with Gasteiger partial charge in [0.15, 0.2) is 6.29 Å². The van der Waals surface area contributed by atoms with Gasteiger partial charge in [-0.05, 0) is 34.1 Å². The van der Waals surface area contributed by atoms with Gasteiger partial charge in [0, 0.05) is 16.5 Å². The van der Waals surface area contributed by atoms with Crippen molar-refractivity contribution in [3.8, 4) is 10.4 Å². The first-order valence-electron chi connectivity index (χ1n) is 4.31. The van der Waals surface area contributed by atoms with E-state index in [0.717, 1.165) is 17.4 Å². The van der Waals surface area contributed by atoms with E-state index in [0.29, 0.717) is 16.0 Å². The molecule has 1 nitrogen and oxygen atoms in total. The predicted molar refractivity (Wildman–Crippen MR) is 62.8 cm³/mol. The van der Waals surface area contributed by atoms with Gasteiger partial charge >= 0.3 is 0 Å². The Morgan fingerprint density at radius 3 is 2.56 bits per heavy atom. The van der Waals surface area contributed by atoms with Gasteiger partial charge in [0.05, 0.1) is 9.35 Å². The second-order valence-electron chi connectivity index (χ2n) is 3.07. The number of aldehydes is 1. The van der Waals surface area contributed by atoms with E-state index in [-0.39, 0.29) is 10.0 Å². The highest BCUT2D eigenvalue weighted by molar-refractivity contribution is 9.10. The van der Waals surface area contributed by atoms with E-state index in [1.807, 2.05) is 0 Å². The standard InChI is InChI=1S/C11H5BrF2OS/c12-8-3-7(9(13)4-10(8)14)11-2-1-6(5-15)16-11/h1-5H. The molecule has 82 valence electrons. The van der Waals surface area contributed by atoms with Gasteiger partial charge in [0.1, 0.15) is 11.6 Å². The SMILES string of the molecule is O=Cc1ccc(-c2cc(Br)c(F)cc2F)s1. The molecule has 1 heterocycles. The van der Waals surface area contributed by atoms with Gasteiger partial charge in [-0.1, -0.05) is 0 Å². The summed E-state index contributed by atoms with van der Waals surface area (Å²) in [5.41, 5.74) is 0.284. The fourth-order valence-corrected chi connectivity index (χ4v) is 2.46. The quantitative estimate of drug-likeness (QED) is 0.598. The van der Waals surface area contributed by atoms with Gasteiger partial charge in [-0.3, -0.25) is 4.79 Å². The first-order chi connectivity index (χ1) is 7.61. The summed E-state index contributed by atoms with van der Waals surface area (Å²) in [4.78, 5) is 11.6. The lowest BCUT2D eigenvalue weighted by molar-refractivity contribution is 0.112. The molecule has 0 saturated heterocycles. The third kappa shape index (κ3) is 2.05. The fraction of sp³-hybridized carbons (Fsp3) is 0. The Morgan fingerprint density at radius 2 is 1.94 bits per heavy atom. The second kappa shape index (κ2) is 4.43. The summed E-state index contributed by atoms with van der Waals surface area (Å²) in [6, 6.07) is 5.42. The molecule has 5 heteroatoms. The van der Waals surface area contributed by atoms with Gasteiger partial charge in [-0.2, -0.15) is 0 Å². The summed E-state index contributed by atoms with van der Waals surface area (Å²) >= 11 is 4.16. The van der Waals surface area contributed by atoms with Crippen molar-refractivity contribution in [2.75, 3.05) is 0 Å². The number of hydrogen-bond acceptors (Lipinski definition) is 2.